The third kappa shape index (κ3) is 3.57. The molecule has 0 aliphatic rings. The molecule has 2 heterocycles. The largest absolute Gasteiger partial charge is 0.300 e. The summed E-state index contributed by atoms with van der Waals surface area (Å²) in [5, 5.41) is 9.68. The quantitative estimate of drug-likeness (QED) is 0.437. The Hall–Kier alpha value is -2.57. The van der Waals surface area contributed by atoms with Gasteiger partial charge in [-0.25, -0.2) is 0 Å². The van der Waals surface area contributed by atoms with E-state index in [0.29, 0.717) is 22.5 Å². The average Bonchev–Trinajstić information content (AvgIpc) is 3.12. The lowest BCUT2D eigenvalue weighted by atomic mass is 10.0. The molecule has 0 radical (unpaired) electrons. The van der Waals surface area contributed by atoms with E-state index in [9.17, 15) is 4.79 Å². The van der Waals surface area contributed by atoms with Crippen molar-refractivity contribution >= 4 is 29.0 Å². The van der Waals surface area contributed by atoms with Crippen LogP contribution in [0.15, 0.2) is 70.9 Å². The molecule has 7 heteroatoms. The number of nitrogens with zero attached hydrogens (tertiary/aromatic N) is 4. The minimum atomic E-state index is -0.197. The number of hydrogen-bond acceptors (Lipinski definition) is 4. The van der Waals surface area contributed by atoms with Gasteiger partial charge in [-0.3, -0.25) is 13.8 Å². The first kappa shape index (κ1) is 18.8. The number of halogens is 1. The molecule has 142 valence electrons. The van der Waals surface area contributed by atoms with Crippen molar-refractivity contribution in [3.63, 3.8) is 0 Å². The lowest BCUT2D eigenvalue weighted by Gasteiger charge is -2.09. The summed E-state index contributed by atoms with van der Waals surface area (Å²) >= 11 is 7.71. The molecule has 0 bridgehead atoms. The second kappa shape index (κ2) is 7.81. The number of hydrogen-bond donors (Lipinski definition) is 0. The Kier molecular flexibility index (Phi) is 5.24. The SMILES string of the molecule is CC(C)c1ccc(-n2ccn3c(SCc4ccccc4Cl)nnc3c2=O)cc1. The van der Waals surface area contributed by atoms with E-state index in [-0.39, 0.29) is 5.56 Å². The third-order valence-corrected chi connectivity index (χ3v) is 5.95. The number of thioether (sulfide) groups is 1. The summed E-state index contributed by atoms with van der Waals surface area (Å²) in [4.78, 5) is 12.9. The fourth-order valence-electron chi connectivity index (χ4n) is 2.95. The molecule has 2 aromatic heterocycles. The number of fused-ring (bicyclic) bond motifs is 1. The van der Waals surface area contributed by atoms with E-state index in [1.54, 1.807) is 15.2 Å². The Morgan fingerprint density at radius 2 is 1.79 bits per heavy atom. The summed E-state index contributed by atoms with van der Waals surface area (Å²) in [5.74, 6) is 1.10. The van der Waals surface area contributed by atoms with Gasteiger partial charge in [-0.1, -0.05) is 67.5 Å². The summed E-state index contributed by atoms with van der Waals surface area (Å²) in [6.45, 7) is 4.29. The zero-order valence-corrected chi connectivity index (χ0v) is 17.1. The molecular weight excluding hydrogens is 392 g/mol. The summed E-state index contributed by atoms with van der Waals surface area (Å²) < 4.78 is 3.32. The standard InChI is InChI=1S/C21H19ClN4OS/c1-14(2)15-7-9-17(10-8-15)25-11-12-26-19(20(25)27)23-24-21(26)28-13-16-5-3-4-6-18(16)22/h3-12,14H,13H2,1-2H3. The van der Waals surface area contributed by atoms with E-state index >= 15 is 0 Å². The first-order valence-corrected chi connectivity index (χ1v) is 10.3. The smallest absolute Gasteiger partial charge is 0.280 e. The van der Waals surface area contributed by atoms with Gasteiger partial charge in [0.1, 0.15) is 0 Å². The normalized spacial score (nSPS) is 11.4. The summed E-state index contributed by atoms with van der Waals surface area (Å²) in [6, 6.07) is 15.7. The lowest BCUT2D eigenvalue weighted by Crippen LogP contribution is -2.20. The van der Waals surface area contributed by atoms with Gasteiger partial charge in [-0.05, 0) is 35.2 Å². The van der Waals surface area contributed by atoms with Gasteiger partial charge in [0.2, 0.25) is 5.65 Å². The number of aromatic nitrogens is 4. The minimum Gasteiger partial charge on any atom is -0.280 e. The molecule has 4 rings (SSSR count). The van der Waals surface area contributed by atoms with Crippen molar-refractivity contribution in [2.45, 2.75) is 30.7 Å². The van der Waals surface area contributed by atoms with Crippen molar-refractivity contribution in [3.8, 4) is 5.69 Å². The van der Waals surface area contributed by atoms with Crippen molar-refractivity contribution in [2.24, 2.45) is 0 Å². The molecular formula is C21H19ClN4OS. The Morgan fingerprint density at radius 1 is 1.04 bits per heavy atom. The van der Waals surface area contributed by atoms with Crippen molar-refractivity contribution in [1.82, 2.24) is 19.2 Å². The molecule has 0 unspecified atom stereocenters. The highest BCUT2D eigenvalue weighted by Crippen LogP contribution is 2.25. The van der Waals surface area contributed by atoms with Crippen LogP contribution >= 0.6 is 23.4 Å². The Morgan fingerprint density at radius 3 is 2.50 bits per heavy atom. The second-order valence-electron chi connectivity index (χ2n) is 6.78. The fourth-order valence-corrected chi connectivity index (χ4v) is 4.15. The Bertz CT molecular complexity index is 1180. The molecule has 0 aliphatic heterocycles. The zero-order valence-electron chi connectivity index (χ0n) is 15.5. The van der Waals surface area contributed by atoms with Crippen LogP contribution in [-0.2, 0) is 5.75 Å². The van der Waals surface area contributed by atoms with E-state index in [1.165, 1.54) is 17.3 Å². The molecule has 0 atom stereocenters. The first-order chi connectivity index (χ1) is 13.5. The highest BCUT2D eigenvalue weighted by Gasteiger charge is 2.13. The molecule has 0 fully saturated rings. The first-order valence-electron chi connectivity index (χ1n) is 8.97. The second-order valence-corrected chi connectivity index (χ2v) is 8.13. The van der Waals surface area contributed by atoms with E-state index in [4.69, 9.17) is 11.6 Å². The van der Waals surface area contributed by atoms with Gasteiger partial charge < -0.3 is 0 Å². The number of rotatable bonds is 5. The van der Waals surface area contributed by atoms with Crippen LogP contribution in [0.4, 0.5) is 0 Å². The molecule has 0 aliphatic carbocycles. The maximum atomic E-state index is 12.9. The van der Waals surface area contributed by atoms with Gasteiger partial charge in [0.05, 0.1) is 0 Å². The van der Waals surface area contributed by atoms with Crippen molar-refractivity contribution in [2.75, 3.05) is 0 Å². The molecule has 2 aromatic carbocycles. The van der Waals surface area contributed by atoms with Gasteiger partial charge in [0.15, 0.2) is 5.16 Å². The summed E-state index contributed by atoms with van der Waals surface area (Å²) in [6.07, 6.45) is 3.57. The van der Waals surface area contributed by atoms with Gasteiger partial charge in [-0.15, -0.1) is 10.2 Å². The Balaban J connectivity index is 1.64. The molecule has 0 saturated heterocycles. The van der Waals surface area contributed by atoms with E-state index in [2.05, 4.69) is 24.0 Å². The van der Waals surface area contributed by atoms with Crippen LogP contribution in [0.3, 0.4) is 0 Å². The monoisotopic (exact) mass is 410 g/mol. The topological polar surface area (TPSA) is 52.2 Å². The van der Waals surface area contributed by atoms with Crippen LogP contribution < -0.4 is 5.56 Å². The van der Waals surface area contributed by atoms with E-state index < -0.39 is 0 Å². The van der Waals surface area contributed by atoms with E-state index in [1.807, 2.05) is 54.7 Å². The highest BCUT2D eigenvalue weighted by atomic mass is 35.5. The van der Waals surface area contributed by atoms with Crippen LogP contribution in [0.5, 0.6) is 0 Å². The Labute approximate surface area is 172 Å². The molecule has 28 heavy (non-hydrogen) atoms. The summed E-state index contributed by atoms with van der Waals surface area (Å²) in [5.41, 5.74) is 3.17. The molecule has 0 amide bonds. The van der Waals surface area contributed by atoms with Crippen LogP contribution in [0.1, 0.15) is 30.9 Å². The van der Waals surface area contributed by atoms with Gasteiger partial charge in [0, 0.05) is 28.9 Å². The molecule has 5 nitrogen and oxygen atoms in total. The molecule has 0 saturated carbocycles. The predicted molar refractivity (Wildman–Crippen MR) is 114 cm³/mol. The predicted octanol–water partition coefficient (Wildman–Crippen LogP) is 4.95. The zero-order chi connectivity index (χ0) is 19.7. The maximum Gasteiger partial charge on any atom is 0.300 e. The minimum absolute atomic E-state index is 0.197. The maximum absolute atomic E-state index is 12.9. The van der Waals surface area contributed by atoms with E-state index in [0.717, 1.165) is 16.3 Å². The highest BCUT2D eigenvalue weighted by molar-refractivity contribution is 7.98. The van der Waals surface area contributed by atoms with Gasteiger partial charge in [0.25, 0.3) is 0 Å². The molecule has 0 spiro atoms. The lowest BCUT2D eigenvalue weighted by molar-refractivity contribution is 0.862. The van der Waals surface area contributed by atoms with Gasteiger partial charge in [-0.2, -0.15) is 0 Å². The van der Waals surface area contributed by atoms with Crippen LogP contribution in [0.25, 0.3) is 11.3 Å². The fraction of sp³-hybridized carbons (Fsp3) is 0.190. The van der Waals surface area contributed by atoms with Crippen molar-refractivity contribution in [1.29, 1.82) is 0 Å². The van der Waals surface area contributed by atoms with Crippen LogP contribution in [-0.4, -0.2) is 19.2 Å². The average molecular weight is 411 g/mol. The molecule has 4 aromatic rings. The van der Waals surface area contributed by atoms with Crippen LogP contribution in [0, 0.1) is 0 Å². The molecule has 0 N–H and O–H groups in total. The van der Waals surface area contributed by atoms with Gasteiger partial charge >= 0.3 is 5.56 Å². The summed E-state index contributed by atoms with van der Waals surface area (Å²) in [7, 11) is 0. The third-order valence-electron chi connectivity index (χ3n) is 4.59. The number of benzene rings is 2. The van der Waals surface area contributed by atoms with Crippen molar-refractivity contribution in [3.05, 3.63) is 87.4 Å². The van der Waals surface area contributed by atoms with Crippen LogP contribution in [0.2, 0.25) is 5.02 Å². The van der Waals surface area contributed by atoms with Crippen molar-refractivity contribution < 1.29 is 0 Å².